The van der Waals surface area contributed by atoms with Crippen molar-refractivity contribution in [3.05, 3.63) is 36.5 Å². The van der Waals surface area contributed by atoms with Crippen LogP contribution in [0.1, 0.15) is 12.8 Å². The second-order valence-corrected chi connectivity index (χ2v) is 6.84. The first-order valence-electron chi connectivity index (χ1n) is 6.70. The summed E-state index contributed by atoms with van der Waals surface area (Å²) in [6, 6.07) is 8.81. The van der Waals surface area contributed by atoms with Crippen LogP contribution in [0.3, 0.4) is 0 Å². The number of rotatable bonds is 3. The summed E-state index contributed by atoms with van der Waals surface area (Å²) < 4.78 is 27.2. The van der Waals surface area contributed by atoms with E-state index in [2.05, 4.69) is 4.98 Å². The van der Waals surface area contributed by atoms with Crippen molar-refractivity contribution in [2.24, 2.45) is 5.73 Å². The monoisotopic (exact) mass is 291 g/mol. The van der Waals surface area contributed by atoms with E-state index in [-0.39, 0.29) is 10.9 Å². The van der Waals surface area contributed by atoms with Crippen molar-refractivity contribution in [2.75, 3.05) is 13.1 Å². The van der Waals surface area contributed by atoms with Gasteiger partial charge in [-0.1, -0.05) is 18.2 Å². The van der Waals surface area contributed by atoms with E-state index >= 15 is 0 Å². The number of aromatic nitrogens is 1. The summed E-state index contributed by atoms with van der Waals surface area (Å²) in [6.07, 6.45) is 3.30. The summed E-state index contributed by atoms with van der Waals surface area (Å²) >= 11 is 0. The highest BCUT2D eigenvalue weighted by atomic mass is 32.2. The van der Waals surface area contributed by atoms with E-state index in [1.54, 1.807) is 24.4 Å². The molecule has 1 aromatic carbocycles. The van der Waals surface area contributed by atoms with Crippen molar-refractivity contribution >= 4 is 20.9 Å². The van der Waals surface area contributed by atoms with Crippen LogP contribution in [0.2, 0.25) is 0 Å². The second kappa shape index (κ2) is 5.12. The van der Waals surface area contributed by atoms with Crippen molar-refractivity contribution in [2.45, 2.75) is 23.8 Å². The molecule has 0 radical (unpaired) electrons. The molecule has 0 amide bonds. The zero-order valence-corrected chi connectivity index (χ0v) is 11.9. The van der Waals surface area contributed by atoms with Gasteiger partial charge in [0.2, 0.25) is 10.0 Å². The lowest BCUT2D eigenvalue weighted by atomic mass is 10.2. The van der Waals surface area contributed by atoms with Gasteiger partial charge in [-0.2, -0.15) is 4.31 Å². The quantitative estimate of drug-likeness (QED) is 0.926. The van der Waals surface area contributed by atoms with Gasteiger partial charge < -0.3 is 5.73 Å². The zero-order chi connectivity index (χ0) is 14.2. The molecule has 0 spiro atoms. The molecule has 20 heavy (non-hydrogen) atoms. The Balaban J connectivity index is 2.14. The maximum absolute atomic E-state index is 12.8. The number of hydrogen-bond donors (Lipinski definition) is 1. The molecule has 1 atom stereocenters. The molecule has 1 unspecified atom stereocenters. The number of pyridine rings is 1. The Labute approximate surface area is 118 Å². The van der Waals surface area contributed by atoms with Crippen LogP contribution >= 0.6 is 0 Å². The van der Waals surface area contributed by atoms with Crippen LogP contribution in [0.5, 0.6) is 0 Å². The molecule has 1 saturated heterocycles. The highest BCUT2D eigenvalue weighted by molar-refractivity contribution is 7.89. The topological polar surface area (TPSA) is 76.3 Å². The third-order valence-corrected chi connectivity index (χ3v) is 5.76. The fraction of sp³-hybridized carbons (Fsp3) is 0.357. The molecule has 2 N–H and O–H groups in total. The molecule has 0 saturated carbocycles. The third-order valence-electron chi connectivity index (χ3n) is 3.78. The summed E-state index contributed by atoms with van der Waals surface area (Å²) in [5, 5.41) is 0.831. The van der Waals surface area contributed by atoms with Gasteiger partial charge in [-0.05, 0) is 25.0 Å². The van der Waals surface area contributed by atoms with Gasteiger partial charge in [-0.15, -0.1) is 0 Å². The van der Waals surface area contributed by atoms with E-state index in [1.807, 2.05) is 12.1 Å². The Morgan fingerprint density at radius 2 is 2.10 bits per heavy atom. The van der Waals surface area contributed by atoms with Crippen molar-refractivity contribution in [1.82, 2.24) is 9.29 Å². The number of hydrogen-bond acceptors (Lipinski definition) is 4. The standard InChI is InChI=1S/C14H17N3O2S/c15-10-12-6-3-9-17(12)20(18,19)13-7-1-4-11-5-2-8-16-14(11)13/h1-2,4-5,7-8,12H,3,6,9-10,15H2. The minimum Gasteiger partial charge on any atom is -0.329 e. The summed E-state index contributed by atoms with van der Waals surface area (Å²) in [5.74, 6) is 0. The van der Waals surface area contributed by atoms with Crippen molar-refractivity contribution < 1.29 is 8.42 Å². The number of benzene rings is 1. The lowest BCUT2D eigenvalue weighted by Crippen LogP contribution is -2.39. The molecular weight excluding hydrogens is 274 g/mol. The van der Waals surface area contributed by atoms with Gasteiger partial charge in [0, 0.05) is 30.7 Å². The van der Waals surface area contributed by atoms with Crippen LogP contribution in [0.4, 0.5) is 0 Å². The first-order chi connectivity index (χ1) is 9.64. The molecule has 1 aliphatic heterocycles. The SMILES string of the molecule is NCC1CCCN1S(=O)(=O)c1cccc2cccnc12. The molecule has 2 heterocycles. The van der Waals surface area contributed by atoms with Crippen LogP contribution in [0.25, 0.3) is 10.9 Å². The van der Waals surface area contributed by atoms with E-state index in [0.29, 0.717) is 18.6 Å². The van der Waals surface area contributed by atoms with Gasteiger partial charge in [-0.3, -0.25) is 4.98 Å². The van der Waals surface area contributed by atoms with E-state index in [1.165, 1.54) is 4.31 Å². The fourth-order valence-electron chi connectivity index (χ4n) is 2.77. The minimum absolute atomic E-state index is 0.0982. The lowest BCUT2D eigenvalue weighted by Gasteiger charge is -2.23. The highest BCUT2D eigenvalue weighted by Crippen LogP contribution is 2.29. The fourth-order valence-corrected chi connectivity index (χ4v) is 4.64. The maximum Gasteiger partial charge on any atom is 0.245 e. The van der Waals surface area contributed by atoms with Crippen LogP contribution in [0, 0.1) is 0 Å². The smallest absolute Gasteiger partial charge is 0.245 e. The zero-order valence-electron chi connectivity index (χ0n) is 11.1. The molecule has 0 aliphatic carbocycles. The number of sulfonamides is 1. The van der Waals surface area contributed by atoms with Crippen molar-refractivity contribution in [3.63, 3.8) is 0 Å². The third kappa shape index (κ3) is 2.09. The minimum atomic E-state index is -3.54. The number of nitrogens with two attached hydrogens (primary N) is 1. The molecule has 2 aromatic rings. The van der Waals surface area contributed by atoms with Gasteiger partial charge in [-0.25, -0.2) is 8.42 Å². The van der Waals surface area contributed by atoms with Crippen molar-refractivity contribution in [1.29, 1.82) is 0 Å². The van der Waals surface area contributed by atoms with Gasteiger partial charge in [0.1, 0.15) is 4.90 Å². The molecule has 0 bridgehead atoms. The van der Waals surface area contributed by atoms with E-state index in [4.69, 9.17) is 5.73 Å². The summed E-state index contributed by atoms with van der Waals surface area (Å²) in [7, 11) is -3.54. The van der Waals surface area contributed by atoms with Crippen LogP contribution in [0.15, 0.2) is 41.4 Å². The van der Waals surface area contributed by atoms with Gasteiger partial charge in [0.25, 0.3) is 0 Å². The Bertz CT molecular complexity index is 725. The van der Waals surface area contributed by atoms with E-state index < -0.39 is 10.0 Å². The number of para-hydroxylation sites is 1. The molecule has 1 aromatic heterocycles. The molecule has 5 nitrogen and oxygen atoms in total. The Morgan fingerprint density at radius 3 is 2.90 bits per heavy atom. The average Bonchev–Trinajstić information content (AvgIpc) is 2.96. The second-order valence-electron chi connectivity index (χ2n) is 4.98. The van der Waals surface area contributed by atoms with E-state index in [9.17, 15) is 8.42 Å². The summed E-state index contributed by atoms with van der Waals surface area (Å²) in [4.78, 5) is 4.51. The highest BCUT2D eigenvalue weighted by Gasteiger charge is 2.35. The van der Waals surface area contributed by atoms with E-state index in [0.717, 1.165) is 18.2 Å². The Morgan fingerprint density at radius 1 is 1.30 bits per heavy atom. The number of nitrogens with zero attached hydrogens (tertiary/aromatic N) is 2. The molecule has 3 rings (SSSR count). The molecular formula is C14H17N3O2S. The number of fused-ring (bicyclic) bond motifs is 1. The summed E-state index contributed by atoms with van der Waals surface area (Å²) in [6.45, 7) is 0.894. The molecule has 6 heteroatoms. The van der Waals surface area contributed by atoms with Crippen molar-refractivity contribution in [3.8, 4) is 0 Å². The first-order valence-corrected chi connectivity index (χ1v) is 8.14. The van der Waals surface area contributed by atoms with Crippen LogP contribution < -0.4 is 5.73 Å². The first kappa shape index (κ1) is 13.5. The maximum atomic E-state index is 12.8. The Kier molecular flexibility index (Phi) is 3.45. The van der Waals surface area contributed by atoms with Crippen LogP contribution in [-0.4, -0.2) is 36.8 Å². The molecule has 106 valence electrons. The predicted octanol–water partition coefficient (Wildman–Crippen LogP) is 1.35. The largest absolute Gasteiger partial charge is 0.329 e. The average molecular weight is 291 g/mol. The van der Waals surface area contributed by atoms with Gasteiger partial charge >= 0.3 is 0 Å². The predicted molar refractivity (Wildman–Crippen MR) is 77.7 cm³/mol. The molecule has 1 fully saturated rings. The summed E-state index contributed by atoms with van der Waals surface area (Å²) in [5.41, 5.74) is 6.22. The van der Waals surface area contributed by atoms with Crippen LogP contribution in [-0.2, 0) is 10.0 Å². The lowest BCUT2D eigenvalue weighted by molar-refractivity contribution is 0.393. The Hall–Kier alpha value is -1.50. The van der Waals surface area contributed by atoms with Gasteiger partial charge in [0.05, 0.1) is 5.52 Å². The van der Waals surface area contributed by atoms with Gasteiger partial charge in [0.15, 0.2) is 0 Å². The normalized spacial score (nSPS) is 20.6. The molecule has 1 aliphatic rings.